The van der Waals surface area contributed by atoms with Crippen LogP contribution in [0.3, 0.4) is 0 Å². The summed E-state index contributed by atoms with van der Waals surface area (Å²) in [7, 11) is 0. The Morgan fingerprint density at radius 1 is 1.17 bits per heavy atom. The summed E-state index contributed by atoms with van der Waals surface area (Å²) >= 11 is 3.42. The van der Waals surface area contributed by atoms with Crippen molar-refractivity contribution in [1.82, 2.24) is 4.98 Å². The lowest BCUT2D eigenvalue weighted by Gasteiger charge is -2.46. The average molecular weight is 464 g/mol. The van der Waals surface area contributed by atoms with Crippen LogP contribution in [0, 0.1) is 0 Å². The van der Waals surface area contributed by atoms with Crippen LogP contribution in [0.2, 0.25) is 0 Å². The van der Waals surface area contributed by atoms with E-state index < -0.39 is 29.7 Å². The zero-order chi connectivity index (χ0) is 20.8. The molecule has 0 N–H and O–H groups in total. The number of ether oxygens (including phenoxy) is 4. The first-order valence-electron chi connectivity index (χ1n) is 9.50. The minimum absolute atomic E-state index is 0.0933. The molecule has 1 saturated carbocycles. The number of pyridine rings is 1. The normalized spacial score (nSPS) is 30.8. The van der Waals surface area contributed by atoms with Crippen LogP contribution in [0.4, 0.5) is 0 Å². The van der Waals surface area contributed by atoms with Crippen molar-refractivity contribution in [2.45, 2.75) is 63.6 Å². The fraction of sp³-hybridized carbons (Fsp3) is 0.476. The quantitative estimate of drug-likeness (QED) is 0.640. The fourth-order valence-corrected chi connectivity index (χ4v) is 4.56. The lowest BCUT2D eigenvalue weighted by atomic mass is 9.73. The first-order chi connectivity index (χ1) is 13.8. The van der Waals surface area contributed by atoms with Crippen LogP contribution < -0.4 is 4.74 Å². The van der Waals surface area contributed by atoms with Gasteiger partial charge in [0, 0.05) is 48.8 Å². The SMILES string of the molecule is CC(=O)O[C@H]1C(C)OC2(CC(Oc3ccc4cc(Br)cnc4c3)C2)[C@H]1OC(C)=O. The monoisotopic (exact) mass is 463 g/mol. The Kier molecular flexibility index (Phi) is 5.25. The van der Waals surface area contributed by atoms with Gasteiger partial charge in [-0.2, -0.15) is 0 Å². The number of halogens is 1. The van der Waals surface area contributed by atoms with E-state index in [9.17, 15) is 9.59 Å². The fourth-order valence-electron chi connectivity index (χ4n) is 4.22. The standard InChI is InChI=1S/C21H22BrNO6/c1-11-19(26-12(2)24)20(27-13(3)25)21(29-11)8-17(9-21)28-16-5-4-14-6-15(22)10-23-18(14)7-16/h4-7,10-11,17,19-20H,8-9H2,1-3H3/t11?,17?,19-,20-,21?/m0/s1. The third-order valence-corrected chi connectivity index (χ3v) is 5.80. The van der Waals surface area contributed by atoms with Crippen molar-refractivity contribution in [2.75, 3.05) is 0 Å². The Bertz CT molecular complexity index is 957. The van der Waals surface area contributed by atoms with Crippen LogP contribution >= 0.6 is 15.9 Å². The molecule has 3 atom stereocenters. The third-order valence-electron chi connectivity index (χ3n) is 5.37. The highest BCUT2D eigenvalue weighted by Gasteiger charge is 2.64. The lowest BCUT2D eigenvalue weighted by Crippen LogP contribution is -2.58. The number of rotatable bonds is 4. The largest absolute Gasteiger partial charge is 0.490 e. The van der Waals surface area contributed by atoms with Gasteiger partial charge in [0.25, 0.3) is 0 Å². The van der Waals surface area contributed by atoms with Gasteiger partial charge in [-0.25, -0.2) is 0 Å². The van der Waals surface area contributed by atoms with Crippen molar-refractivity contribution in [1.29, 1.82) is 0 Å². The summed E-state index contributed by atoms with van der Waals surface area (Å²) in [6, 6.07) is 7.77. The Morgan fingerprint density at radius 2 is 1.90 bits per heavy atom. The molecule has 1 aliphatic carbocycles. The van der Waals surface area contributed by atoms with Gasteiger partial charge in [0.15, 0.2) is 12.2 Å². The second-order valence-electron chi connectivity index (χ2n) is 7.65. The molecule has 8 heteroatoms. The topological polar surface area (TPSA) is 84.0 Å². The van der Waals surface area contributed by atoms with Gasteiger partial charge in [0.1, 0.15) is 17.5 Å². The summed E-state index contributed by atoms with van der Waals surface area (Å²) in [5.74, 6) is -0.138. The van der Waals surface area contributed by atoms with Crippen LogP contribution in [0.1, 0.15) is 33.6 Å². The molecule has 4 rings (SSSR count). The molecule has 2 fully saturated rings. The van der Waals surface area contributed by atoms with Crippen molar-refractivity contribution in [3.8, 4) is 5.75 Å². The summed E-state index contributed by atoms with van der Waals surface area (Å²) in [4.78, 5) is 27.5. The first-order valence-corrected chi connectivity index (χ1v) is 10.3. The van der Waals surface area contributed by atoms with Crippen molar-refractivity contribution >= 4 is 38.8 Å². The molecule has 7 nitrogen and oxygen atoms in total. The van der Waals surface area contributed by atoms with Crippen molar-refractivity contribution in [2.24, 2.45) is 0 Å². The van der Waals surface area contributed by atoms with Gasteiger partial charge in [-0.15, -0.1) is 0 Å². The zero-order valence-corrected chi connectivity index (χ0v) is 18.0. The maximum Gasteiger partial charge on any atom is 0.303 e. The predicted molar refractivity (Wildman–Crippen MR) is 107 cm³/mol. The number of esters is 2. The van der Waals surface area contributed by atoms with E-state index in [1.54, 1.807) is 6.20 Å². The molecule has 1 aromatic heterocycles. The number of aromatic nitrogens is 1. The molecule has 29 heavy (non-hydrogen) atoms. The van der Waals surface area contributed by atoms with E-state index in [1.165, 1.54) is 13.8 Å². The van der Waals surface area contributed by atoms with E-state index >= 15 is 0 Å². The maximum absolute atomic E-state index is 11.6. The molecule has 2 heterocycles. The summed E-state index contributed by atoms with van der Waals surface area (Å²) in [5.41, 5.74) is 0.147. The molecule has 2 aliphatic rings. The van der Waals surface area contributed by atoms with Gasteiger partial charge in [0.2, 0.25) is 0 Å². The molecule has 154 valence electrons. The predicted octanol–water partition coefficient (Wildman–Crippen LogP) is 3.56. The van der Waals surface area contributed by atoms with Gasteiger partial charge >= 0.3 is 11.9 Å². The zero-order valence-electron chi connectivity index (χ0n) is 16.4. The van der Waals surface area contributed by atoms with Gasteiger partial charge in [-0.1, -0.05) is 0 Å². The minimum atomic E-state index is -0.699. The molecule has 1 spiro atoms. The molecule has 0 bridgehead atoms. The minimum Gasteiger partial charge on any atom is -0.490 e. The molecule has 0 radical (unpaired) electrons. The smallest absolute Gasteiger partial charge is 0.303 e. The Hall–Kier alpha value is -2.19. The van der Waals surface area contributed by atoms with E-state index in [4.69, 9.17) is 18.9 Å². The van der Waals surface area contributed by atoms with Crippen molar-refractivity contribution in [3.63, 3.8) is 0 Å². The number of carbonyl (C=O) groups is 2. The number of hydrogen-bond donors (Lipinski definition) is 0. The highest BCUT2D eigenvalue weighted by atomic mass is 79.9. The van der Waals surface area contributed by atoms with Crippen LogP contribution in [0.5, 0.6) is 5.75 Å². The van der Waals surface area contributed by atoms with Crippen LogP contribution in [-0.2, 0) is 23.8 Å². The van der Waals surface area contributed by atoms with Crippen molar-refractivity contribution < 1.29 is 28.5 Å². The number of fused-ring (bicyclic) bond motifs is 1. The van der Waals surface area contributed by atoms with Gasteiger partial charge in [0.05, 0.1) is 11.6 Å². The Balaban J connectivity index is 1.47. The number of carbonyl (C=O) groups excluding carboxylic acids is 2. The second kappa shape index (κ2) is 7.57. The van der Waals surface area contributed by atoms with Crippen LogP contribution in [0.25, 0.3) is 10.9 Å². The molecule has 0 amide bonds. The van der Waals surface area contributed by atoms with E-state index in [-0.39, 0.29) is 12.2 Å². The maximum atomic E-state index is 11.6. The molecule has 1 aromatic carbocycles. The molecular weight excluding hydrogens is 442 g/mol. The first kappa shape index (κ1) is 20.1. The molecule has 1 aliphatic heterocycles. The molecule has 2 aromatic rings. The van der Waals surface area contributed by atoms with Gasteiger partial charge in [-0.05, 0) is 41.1 Å². The Labute approximate surface area is 176 Å². The lowest BCUT2D eigenvalue weighted by molar-refractivity contribution is -0.191. The van der Waals surface area contributed by atoms with E-state index in [0.717, 1.165) is 21.1 Å². The van der Waals surface area contributed by atoms with Crippen LogP contribution in [-0.4, -0.2) is 46.9 Å². The third kappa shape index (κ3) is 3.96. The summed E-state index contributed by atoms with van der Waals surface area (Å²) < 4.78 is 24.0. The Morgan fingerprint density at radius 3 is 2.59 bits per heavy atom. The van der Waals surface area contributed by atoms with Crippen molar-refractivity contribution in [3.05, 3.63) is 34.9 Å². The van der Waals surface area contributed by atoms with E-state index in [1.807, 2.05) is 31.2 Å². The molecule has 1 unspecified atom stereocenters. The van der Waals surface area contributed by atoms with Gasteiger partial charge < -0.3 is 18.9 Å². The summed E-state index contributed by atoms with van der Waals surface area (Å²) in [5, 5.41) is 1.02. The number of hydrogen-bond acceptors (Lipinski definition) is 7. The van der Waals surface area contributed by atoms with Gasteiger partial charge in [-0.3, -0.25) is 14.6 Å². The number of benzene rings is 1. The summed E-state index contributed by atoms with van der Waals surface area (Å²) in [6.45, 7) is 4.50. The van der Waals surface area contributed by atoms with E-state index in [0.29, 0.717) is 12.8 Å². The molecular formula is C21H22BrNO6. The summed E-state index contributed by atoms with van der Waals surface area (Å²) in [6.07, 6.45) is 1.10. The number of nitrogens with zero attached hydrogens (tertiary/aromatic N) is 1. The highest BCUT2D eigenvalue weighted by molar-refractivity contribution is 9.10. The van der Waals surface area contributed by atoms with E-state index in [2.05, 4.69) is 20.9 Å². The molecule has 1 saturated heterocycles. The average Bonchev–Trinajstić information content (AvgIpc) is 2.86. The van der Waals surface area contributed by atoms with Crippen LogP contribution in [0.15, 0.2) is 34.9 Å². The second-order valence-corrected chi connectivity index (χ2v) is 8.56. The highest BCUT2D eigenvalue weighted by Crippen LogP contribution is 2.49.